The van der Waals surface area contributed by atoms with E-state index in [1.165, 1.54) is 0 Å². The Kier molecular flexibility index (Phi) is 4.66. The fourth-order valence-electron chi connectivity index (χ4n) is 1.91. The predicted molar refractivity (Wildman–Crippen MR) is 70.1 cm³/mol. The van der Waals surface area contributed by atoms with Gasteiger partial charge in [-0.2, -0.15) is 0 Å². The zero-order valence-electron chi connectivity index (χ0n) is 10.6. The standard InChI is InChI=1S/C13H20N2O3/c1-16-12-3-2-10(14)8-13(12)18-6-4-11-9-15-5-7-17-11/h2-3,8,11,15H,4-7,9,14H2,1H3. The summed E-state index contributed by atoms with van der Waals surface area (Å²) in [7, 11) is 1.62. The highest BCUT2D eigenvalue weighted by atomic mass is 16.5. The van der Waals surface area contributed by atoms with Crippen molar-refractivity contribution in [1.29, 1.82) is 0 Å². The van der Waals surface area contributed by atoms with E-state index in [4.69, 9.17) is 19.9 Å². The van der Waals surface area contributed by atoms with Crippen LogP contribution in [0.5, 0.6) is 11.5 Å². The van der Waals surface area contributed by atoms with E-state index in [0.717, 1.165) is 26.1 Å². The van der Waals surface area contributed by atoms with Crippen LogP contribution in [0.3, 0.4) is 0 Å². The summed E-state index contributed by atoms with van der Waals surface area (Å²) < 4.78 is 16.5. The molecule has 1 aromatic rings. The molecule has 1 fully saturated rings. The third-order valence-corrected chi connectivity index (χ3v) is 2.89. The first-order valence-electron chi connectivity index (χ1n) is 6.18. The summed E-state index contributed by atoms with van der Waals surface area (Å²) in [4.78, 5) is 0. The molecule has 1 unspecified atom stereocenters. The molecule has 5 heteroatoms. The molecule has 1 aliphatic heterocycles. The van der Waals surface area contributed by atoms with Crippen LogP contribution in [0.4, 0.5) is 5.69 Å². The quantitative estimate of drug-likeness (QED) is 0.766. The van der Waals surface area contributed by atoms with Crippen molar-refractivity contribution < 1.29 is 14.2 Å². The van der Waals surface area contributed by atoms with Crippen molar-refractivity contribution in [2.45, 2.75) is 12.5 Å². The SMILES string of the molecule is COc1ccc(N)cc1OCCC1CNCCO1. The van der Waals surface area contributed by atoms with Gasteiger partial charge in [-0.25, -0.2) is 0 Å². The number of ether oxygens (including phenoxy) is 3. The lowest BCUT2D eigenvalue weighted by Crippen LogP contribution is -2.39. The van der Waals surface area contributed by atoms with Gasteiger partial charge in [0.05, 0.1) is 26.4 Å². The monoisotopic (exact) mass is 252 g/mol. The number of nitrogen functional groups attached to an aromatic ring is 1. The van der Waals surface area contributed by atoms with E-state index in [0.29, 0.717) is 23.8 Å². The summed E-state index contributed by atoms with van der Waals surface area (Å²) in [5, 5.41) is 3.29. The molecule has 0 aliphatic carbocycles. The van der Waals surface area contributed by atoms with Crippen LogP contribution in [0, 0.1) is 0 Å². The van der Waals surface area contributed by atoms with Gasteiger partial charge in [0.2, 0.25) is 0 Å². The van der Waals surface area contributed by atoms with E-state index in [1.807, 2.05) is 6.07 Å². The second-order valence-corrected chi connectivity index (χ2v) is 4.24. The first-order valence-corrected chi connectivity index (χ1v) is 6.18. The van der Waals surface area contributed by atoms with Gasteiger partial charge in [0, 0.05) is 31.3 Å². The third-order valence-electron chi connectivity index (χ3n) is 2.89. The fraction of sp³-hybridized carbons (Fsp3) is 0.538. The van der Waals surface area contributed by atoms with Crippen LogP contribution in [0.2, 0.25) is 0 Å². The van der Waals surface area contributed by atoms with Crippen LogP contribution >= 0.6 is 0 Å². The maximum absolute atomic E-state index is 5.73. The topological polar surface area (TPSA) is 65.7 Å². The van der Waals surface area contributed by atoms with Gasteiger partial charge in [-0.3, -0.25) is 0 Å². The molecule has 0 amide bonds. The van der Waals surface area contributed by atoms with Crippen molar-refractivity contribution >= 4 is 5.69 Å². The molecule has 0 radical (unpaired) electrons. The van der Waals surface area contributed by atoms with Crippen molar-refractivity contribution in [2.75, 3.05) is 39.1 Å². The van der Waals surface area contributed by atoms with Gasteiger partial charge in [-0.15, -0.1) is 0 Å². The number of nitrogens with one attached hydrogen (secondary N) is 1. The van der Waals surface area contributed by atoms with E-state index in [1.54, 1.807) is 19.2 Å². The highest BCUT2D eigenvalue weighted by molar-refractivity contribution is 5.51. The average Bonchev–Trinajstić information content (AvgIpc) is 2.40. The summed E-state index contributed by atoms with van der Waals surface area (Å²) in [6.45, 7) is 3.18. The zero-order chi connectivity index (χ0) is 12.8. The largest absolute Gasteiger partial charge is 0.493 e. The second kappa shape index (κ2) is 6.47. The normalized spacial score (nSPS) is 19.5. The van der Waals surface area contributed by atoms with Crippen molar-refractivity contribution in [3.05, 3.63) is 18.2 Å². The van der Waals surface area contributed by atoms with Crippen LogP contribution in [-0.4, -0.2) is 39.5 Å². The minimum Gasteiger partial charge on any atom is -0.493 e. The highest BCUT2D eigenvalue weighted by Crippen LogP contribution is 2.29. The van der Waals surface area contributed by atoms with Crippen LogP contribution < -0.4 is 20.5 Å². The van der Waals surface area contributed by atoms with Crippen LogP contribution in [0.1, 0.15) is 6.42 Å². The number of rotatable bonds is 5. The van der Waals surface area contributed by atoms with Gasteiger partial charge < -0.3 is 25.3 Å². The minimum atomic E-state index is 0.228. The average molecular weight is 252 g/mol. The van der Waals surface area contributed by atoms with Crippen LogP contribution in [0.15, 0.2) is 18.2 Å². The lowest BCUT2D eigenvalue weighted by Gasteiger charge is -2.23. The third kappa shape index (κ3) is 3.51. The maximum Gasteiger partial charge on any atom is 0.163 e. The Morgan fingerprint density at radius 3 is 3.06 bits per heavy atom. The van der Waals surface area contributed by atoms with Gasteiger partial charge >= 0.3 is 0 Å². The van der Waals surface area contributed by atoms with Crippen molar-refractivity contribution in [2.24, 2.45) is 0 Å². The molecule has 5 nitrogen and oxygen atoms in total. The van der Waals surface area contributed by atoms with E-state index < -0.39 is 0 Å². The molecule has 100 valence electrons. The molecule has 0 bridgehead atoms. The molecule has 18 heavy (non-hydrogen) atoms. The Morgan fingerprint density at radius 1 is 1.44 bits per heavy atom. The Bertz CT molecular complexity index is 378. The summed E-state index contributed by atoms with van der Waals surface area (Å²) in [6.07, 6.45) is 1.08. The van der Waals surface area contributed by atoms with Crippen molar-refractivity contribution in [3.63, 3.8) is 0 Å². The number of hydrogen-bond acceptors (Lipinski definition) is 5. The van der Waals surface area contributed by atoms with Crippen LogP contribution in [-0.2, 0) is 4.74 Å². The summed E-state index contributed by atoms with van der Waals surface area (Å²) >= 11 is 0. The second-order valence-electron chi connectivity index (χ2n) is 4.24. The molecular formula is C13H20N2O3. The van der Waals surface area contributed by atoms with Gasteiger partial charge in [0.1, 0.15) is 0 Å². The Balaban J connectivity index is 1.83. The Labute approximate surface area is 107 Å². The molecule has 0 spiro atoms. The number of benzene rings is 1. The molecule has 1 aliphatic rings. The number of nitrogens with two attached hydrogens (primary N) is 1. The molecule has 1 atom stereocenters. The highest BCUT2D eigenvalue weighted by Gasteiger charge is 2.13. The number of morpholine rings is 1. The molecular weight excluding hydrogens is 232 g/mol. The molecule has 0 saturated carbocycles. The summed E-state index contributed by atoms with van der Waals surface area (Å²) in [6, 6.07) is 5.38. The molecule has 2 rings (SSSR count). The predicted octanol–water partition coefficient (Wildman–Crippen LogP) is 1.03. The molecule has 1 aromatic carbocycles. The van der Waals surface area contributed by atoms with E-state index >= 15 is 0 Å². The number of anilines is 1. The zero-order valence-corrected chi connectivity index (χ0v) is 10.6. The van der Waals surface area contributed by atoms with Gasteiger partial charge in [0.25, 0.3) is 0 Å². The lowest BCUT2D eigenvalue weighted by atomic mass is 10.2. The maximum atomic E-state index is 5.73. The van der Waals surface area contributed by atoms with Gasteiger partial charge in [-0.05, 0) is 12.1 Å². The Hall–Kier alpha value is -1.46. The lowest BCUT2D eigenvalue weighted by molar-refractivity contribution is 0.0157. The minimum absolute atomic E-state index is 0.228. The van der Waals surface area contributed by atoms with E-state index in [2.05, 4.69) is 5.32 Å². The molecule has 3 N–H and O–H groups in total. The fourth-order valence-corrected chi connectivity index (χ4v) is 1.91. The molecule has 1 saturated heterocycles. The van der Waals surface area contributed by atoms with E-state index in [9.17, 15) is 0 Å². The first-order chi connectivity index (χ1) is 8.79. The van der Waals surface area contributed by atoms with Crippen LogP contribution in [0.25, 0.3) is 0 Å². The number of hydrogen-bond donors (Lipinski definition) is 2. The summed E-state index contributed by atoms with van der Waals surface area (Å²) in [5.74, 6) is 1.38. The van der Waals surface area contributed by atoms with Gasteiger partial charge in [0.15, 0.2) is 11.5 Å². The molecule has 0 aromatic heterocycles. The van der Waals surface area contributed by atoms with Crippen molar-refractivity contribution in [1.82, 2.24) is 5.32 Å². The summed E-state index contributed by atoms with van der Waals surface area (Å²) in [5.41, 5.74) is 6.39. The van der Waals surface area contributed by atoms with Gasteiger partial charge in [-0.1, -0.05) is 0 Å². The smallest absolute Gasteiger partial charge is 0.163 e. The molecule has 1 heterocycles. The Morgan fingerprint density at radius 2 is 2.33 bits per heavy atom. The number of methoxy groups -OCH3 is 1. The first kappa shape index (κ1) is 13.0. The van der Waals surface area contributed by atoms with Crippen molar-refractivity contribution in [3.8, 4) is 11.5 Å². The van der Waals surface area contributed by atoms with E-state index in [-0.39, 0.29) is 6.10 Å².